The second-order valence-corrected chi connectivity index (χ2v) is 9.59. The van der Waals surface area contributed by atoms with Crippen LogP contribution in [0.1, 0.15) is 26.2 Å². The number of pyridine rings is 2. The molecule has 2 aliphatic heterocycles. The molecular formula is C25H32FN5O3. The number of hydrogen-bond acceptors (Lipinski definition) is 7. The van der Waals surface area contributed by atoms with E-state index in [-0.39, 0.29) is 17.3 Å². The standard InChI is InChI=1S/C25H32FN5O3/c1-3-34-24(32)31-16-25(17-31)7-6-20(13-25)29-8-10-30(11-9-29)23-21(12-19(26)15-28-23)18-4-5-22(33-2)27-14-18/h4-5,12,14-15,20H,3,6-11,13,16-17H2,1-2H3/t20-/m1/s1. The van der Waals surface area contributed by atoms with E-state index in [0.29, 0.717) is 18.5 Å². The van der Waals surface area contributed by atoms with E-state index < -0.39 is 0 Å². The number of anilines is 1. The van der Waals surface area contributed by atoms with Gasteiger partial charge in [0.2, 0.25) is 5.88 Å². The largest absolute Gasteiger partial charge is 0.481 e. The number of methoxy groups -OCH3 is 1. The molecule has 0 aromatic carbocycles. The summed E-state index contributed by atoms with van der Waals surface area (Å²) in [6.45, 7) is 7.48. The van der Waals surface area contributed by atoms with E-state index in [1.165, 1.54) is 25.1 Å². The fraction of sp³-hybridized carbons (Fsp3) is 0.560. The molecule has 5 rings (SSSR count). The molecule has 2 aromatic rings. The summed E-state index contributed by atoms with van der Waals surface area (Å²) in [4.78, 5) is 27.3. The van der Waals surface area contributed by atoms with Crippen LogP contribution in [0.4, 0.5) is 15.0 Å². The predicted octanol–water partition coefficient (Wildman–Crippen LogP) is 3.42. The van der Waals surface area contributed by atoms with Crippen LogP contribution in [0.25, 0.3) is 11.1 Å². The molecule has 1 aliphatic carbocycles. The van der Waals surface area contributed by atoms with Crippen molar-refractivity contribution in [2.75, 3.05) is 57.9 Å². The summed E-state index contributed by atoms with van der Waals surface area (Å²) in [6.07, 6.45) is 6.29. The summed E-state index contributed by atoms with van der Waals surface area (Å²) in [7, 11) is 1.57. The van der Waals surface area contributed by atoms with Crippen molar-refractivity contribution in [1.82, 2.24) is 19.8 Å². The second-order valence-electron chi connectivity index (χ2n) is 9.59. The van der Waals surface area contributed by atoms with Crippen LogP contribution in [0, 0.1) is 11.2 Å². The van der Waals surface area contributed by atoms with Gasteiger partial charge >= 0.3 is 6.09 Å². The average molecular weight is 470 g/mol. The van der Waals surface area contributed by atoms with Gasteiger partial charge in [0.25, 0.3) is 0 Å². The zero-order valence-electron chi connectivity index (χ0n) is 19.9. The fourth-order valence-electron chi connectivity index (χ4n) is 5.74. The molecule has 1 amide bonds. The van der Waals surface area contributed by atoms with Gasteiger partial charge in [-0.05, 0) is 38.3 Å². The third-order valence-corrected chi connectivity index (χ3v) is 7.48. The number of hydrogen-bond donors (Lipinski definition) is 0. The Labute approximate surface area is 199 Å². The SMILES string of the molecule is CCOC(=O)N1CC2(CC[C@@H](N3CCN(c4ncc(F)cc4-c4ccc(OC)nc4)CC3)C2)C1. The Morgan fingerprint density at radius 2 is 1.97 bits per heavy atom. The summed E-state index contributed by atoms with van der Waals surface area (Å²) in [5.41, 5.74) is 1.83. The number of likely N-dealkylation sites (tertiary alicyclic amines) is 1. The maximum Gasteiger partial charge on any atom is 0.409 e. The number of aromatic nitrogens is 2. The first-order valence-electron chi connectivity index (χ1n) is 12.1. The van der Waals surface area contributed by atoms with Crippen LogP contribution in [0.5, 0.6) is 5.88 Å². The Morgan fingerprint density at radius 3 is 2.65 bits per heavy atom. The van der Waals surface area contributed by atoms with Crippen LogP contribution in [0.3, 0.4) is 0 Å². The number of rotatable bonds is 5. The fourth-order valence-corrected chi connectivity index (χ4v) is 5.74. The maximum absolute atomic E-state index is 14.1. The lowest BCUT2D eigenvalue weighted by Crippen LogP contribution is -2.58. The predicted molar refractivity (Wildman–Crippen MR) is 126 cm³/mol. The molecule has 9 heteroatoms. The van der Waals surface area contributed by atoms with Crippen LogP contribution in [-0.2, 0) is 4.74 Å². The molecule has 0 unspecified atom stereocenters. The minimum atomic E-state index is -0.359. The molecule has 1 atom stereocenters. The highest BCUT2D eigenvalue weighted by Gasteiger charge is 2.51. The first kappa shape index (κ1) is 22.8. The quantitative estimate of drug-likeness (QED) is 0.665. The molecule has 3 fully saturated rings. The number of piperazine rings is 1. The van der Waals surface area contributed by atoms with Gasteiger partial charge < -0.3 is 19.3 Å². The molecule has 1 spiro atoms. The van der Waals surface area contributed by atoms with E-state index >= 15 is 0 Å². The van der Waals surface area contributed by atoms with Gasteiger partial charge in [-0.1, -0.05) is 0 Å². The molecular weight excluding hydrogens is 437 g/mol. The van der Waals surface area contributed by atoms with Gasteiger partial charge in [-0.15, -0.1) is 0 Å². The molecule has 0 N–H and O–H groups in total. The molecule has 1 saturated carbocycles. The van der Waals surface area contributed by atoms with Crippen molar-refractivity contribution in [2.45, 2.75) is 32.2 Å². The Morgan fingerprint density at radius 1 is 1.18 bits per heavy atom. The topological polar surface area (TPSA) is 71.0 Å². The first-order valence-corrected chi connectivity index (χ1v) is 12.1. The van der Waals surface area contributed by atoms with E-state index in [2.05, 4.69) is 19.8 Å². The summed E-state index contributed by atoms with van der Waals surface area (Å²) in [5, 5.41) is 0. The lowest BCUT2D eigenvalue weighted by atomic mass is 9.78. The van der Waals surface area contributed by atoms with E-state index in [4.69, 9.17) is 9.47 Å². The molecule has 3 aliphatic rings. The van der Waals surface area contributed by atoms with Crippen molar-refractivity contribution in [3.05, 3.63) is 36.4 Å². The van der Waals surface area contributed by atoms with Crippen LogP contribution < -0.4 is 9.64 Å². The number of ether oxygens (including phenoxy) is 2. The van der Waals surface area contributed by atoms with Gasteiger partial charge in [0.1, 0.15) is 11.6 Å². The van der Waals surface area contributed by atoms with Crippen LogP contribution in [-0.4, -0.2) is 84.9 Å². The Balaban J connectivity index is 1.21. The average Bonchev–Trinajstić information content (AvgIpc) is 3.29. The molecule has 34 heavy (non-hydrogen) atoms. The highest BCUT2D eigenvalue weighted by molar-refractivity contribution is 5.75. The monoisotopic (exact) mass is 469 g/mol. The molecule has 182 valence electrons. The molecule has 0 bridgehead atoms. The smallest absolute Gasteiger partial charge is 0.409 e. The third-order valence-electron chi connectivity index (χ3n) is 7.48. The minimum absolute atomic E-state index is 0.181. The first-order chi connectivity index (χ1) is 16.5. The van der Waals surface area contributed by atoms with Crippen molar-refractivity contribution < 1.29 is 18.7 Å². The Kier molecular flexibility index (Phi) is 6.29. The lowest BCUT2D eigenvalue weighted by molar-refractivity contribution is -0.00294. The third kappa shape index (κ3) is 4.41. The Bertz CT molecular complexity index is 1020. The van der Waals surface area contributed by atoms with Gasteiger partial charge in [0.15, 0.2) is 0 Å². The summed E-state index contributed by atoms with van der Waals surface area (Å²) < 4.78 is 24.4. The number of nitrogens with zero attached hydrogens (tertiary/aromatic N) is 5. The van der Waals surface area contributed by atoms with E-state index in [1.807, 2.05) is 17.9 Å². The van der Waals surface area contributed by atoms with Crippen molar-refractivity contribution in [2.24, 2.45) is 5.41 Å². The molecule has 8 nitrogen and oxygen atoms in total. The minimum Gasteiger partial charge on any atom is -0.481 e. The summed E-state index contributed by atoms with van der Waals surface area (Å²) >= 11 is 0. The van der Waals surface area contributed by atoms with Crippen molar-refractivity contribution in [3.8, 4) is 17.0 Å². The highest BCUT2D eigenvalue weighted by atomic mass is 19.1. The van der Waals surface area contributed by atoms with E-state index in [0.717, 1.165) is 62.6 Å². The highest BCUT2D eigenvalue weighted by Crippen LogP contribution is 2.47. The number of carbonyl (C=O) groups is 1. The normalized spacial score (nSPS) is 22.0. The zero-order chi connectivity index (χ0) is 23.7. The van der Waals surface area contributed by atoms with Crippen LogP contribution in [0.15, 0.2) is 30.6 Å². The molecule has 2 saturated heterocycles. The molecule has 2 aromatic heterocycles. The maximum atomic E-state index is 14.1. The van der Waals surface area contributed by atoms with Gasteiger partial charge in [-0.2, -0.15) is 0 Å². The van der Waals surface area contributed by atoms with Gasteiger partial charge in [0.05, 0.1) is 19.9 Å². The summed E-state index contributed by atoms with van der Waals surface area (Å²) in [6, 6.07) is 5.75. The van der Waals surface area contributed by atoms with E-state index in [1.54, 1.807) is 19.4 Å². The van der Waals surface area contributed by atoms with E-state index in [9.17, 15) is 9.18 Å². The van der Waals surface area contributed by atoms with Crippen molar-refractivity contribution in [1.29, 1.82) is 0 Å². The lowest BCUT2D eigenvalue weighted by Gasteiger charge is -2.48. The van der Waals surface area contributed by atoms with Crippen LogP contribution in [0.2, 0.25) is 0 Å². The second kappa shape index (κ2) is 9.37. The number of carbonyl (C=O) groups excluding carboxylic acids is 1. The van der Waals surface area contributed by atoms with Gasteiger partial charge in [0, 0.05) is 74.1 Å². The Hall–Kier alpha value is -2.94. The molecule has 4 heterocycles. The number of halogens is 1. The zero-order valence-corrected chi connectivity index (χ0v) is 19.9. The molecule has 0 radical (unpaired) electrons. The number of amides is 1. The van der Waals surface area contributed by atoms with Crippen LogP contribution >= 0.6 is 0 Å². The van der Waals surface area contributed by atoms with Crippen molar-refractivity contribution in [3.63, 3.8) is 0 Å². The van der Waals surface area contributed by atoms with Gasteiger partial charge in [-0.3, -0.25) is 4.90 Å². The van der Waals surface area contributed by atoms with Gasteiger partial charge in [-0.25, -0.2) is 19.2 Å². The van der Waals surface area contributed by atoms with Crippen molar-refractivity contribution >= 4 is 11.9 Å². The summed E-state index contributed by atoms with van der Waals surface area (Å²) in [5.74, 6) is 0.955.